The van der Waals surface area contributed by atoms with E-state index in [1.807, 2.05) is 18.2 Å². The molecule has 3 aromatic rings. The Balaban J connectivity index is 1.80. The summed E-state index contributed by atoms with van der Waals surface area (Å²) in [4.78, 5) is 24.1. The maximum Gasteiger partial charge on any atom is 0.341 e. The van der Waals surface area contributed by atoms with Crippen LogP contribution in [0.3, 0.4) is 0 Å². The summed E-state index contributed by atoms with van der Waals surface area (Å²) in [5.41, 5.74) is 2.05. The lowest BCUT2D eigenvalue weighted by molar-refractivity contribution is 0.0693. The van der Waals surface area contributed by atoms with Crippen molar-refractivity contribution in [2.75, 3.05) is 6.61 Å². The van der Waals surface area contributed by atoms with Gasteiger partial charge >= 0.3 is 5.97 Å². The Labute approximate surface area is 159 Å². The predicted molar refractivity (Wildman–Crippen MR) is 101 cm³/mol. The molecule has 0 saturated heterocycles. The van der Waals surface area contributed by atoms with Crippen molar-refractivity contribution in [2.24, 2.45) is 0 Å². The van der Waals surface area contributed by atoms with Crippen molar-refractivity contribution in [1.29, 1.82) is 0 Å². The first-order chi connectivity index (χ1) is 13.0. The van der Waals surface area contributed by atoms with Crippen molar-refractivity contribution in [3.8, 4) is 17.0 Å². The molecule has 0 saturated carbocycles. The minimum absolute atomic E-state index is 0.151. The lowest BCUT2D eigenvalue weighted by Gasteiger charge is -2.10. The summed E-state index contributed by atoms with van der Waals surface area (Å²) in [6.07, 6.45) is 0.791. The van der Waals surface area contributed by atoms with Gasteiger partial charge in [-0.3, -0.25) is 4.79 Å². The zero-order chi connectivity index (χ0) is 19.0. The number of halogens is 1. The lowest BCUT2D eigenvalue weighted by Crippen LogP contribution is -2.29. The van der Waals surface area contributed by atoms with E-state index in [0.29, 0.717) is 17.3 Å². The third-order valence-corrected chi connectivity index (χ3v) is 4.69. The molecule has 7 heteroatoms. The van der Waals surface area contributed by atoms with Gasteiger partial charge < -0.3 is 9.84 Å². The van der Waals surface area contributed by atoms with Crippen molar-refractivity contribution < 1.29 is 14.6 Å². The van der Waals surface area contributed by atoms with Crippen molar-refractivity contribution >= 4 is 17.6 Å². The molecule has 0 bridgehead atoms. The van der Waals surface area contributed by atoms with Crippen LogP contribution in [0.25, 0.3) is 11.3 Å². The van der Waals surface area contributed by atoms with Gasteiger partial charge in [-0.25, -0.2) is 9.48 Å². The first-order valence-corrected chi connectivity index (χ1v) is 8.75. The standard InChI is InChI=1S/C20H15ClN2O4/c21-15-4-1-12(2-5-15)11-23-19(24)16(20(25)26)10-17(22-23)13-3-6-18-14(9-13)7-8-27-18/h1-6,9-10H,7-8,11H2,(H,25,26). The van der Waals surface area contributed by atoms with Crippen LogP contribution in [-0.4, -0.2) is 27.5 Å². The summed E-state index contributed by atoms with van der Waals surface area (Å²) in [6.45, 7) is 0.779. The zero-order valence-electron chi connectivity index (χ0n) is 14.2. The van der Waals surface area contributed by atoms with Gasteiger partial charge in [0.2, 0.25) is 0 Å². The van der Waals surface area contributed by atoms with Gasteiger partial charge in [0.15, 0.2) is 0 Å². The number of fused-ring (bicyclic) bond motifs is 1. The van der Waals surface area contributed by atoms with Crippen molar-refractivity contribution in [2.45, 2.75) is 13.0 Å². The van der Waals surface area contributed by atoms with Gasteiger partial charge in [-0.05, 0) is 47.5 Å². The first kappa shape index (κ1) is 17.3. The van der Waals surface area contributed by atoms with E-state index in [2.05, 4.69) is 5.10 Å². The number of rotatable bonds is 4. The van der Waals surface area contributed by atoms with E-state index in [1.165, 1.54) is 10.7 Å². The van der Waals surface area contributed by atoms with Crippen LogP contribution in [0.2, 0.25) is 5.02 Å². The summed E-state index contributed by atoms with van der Waals surface area (Å²) in [6, 6.07) is 13.9. The van der Waals surface area contributed by atoms with Gasteiger partial charge in [0.25, 0.3) is 5.56 Å². The highest BCUT2D eigenvalue weighted by Gasteiger charge is 2.18. The zero-order valence-corrected chi connectivity index (χ0v) is 14.9. The highest BCUT2D eigenvalue weighted by molar-refractivity contribution is 6.30. The molecule has 1 aliphatic rings. The lowest BCUT2D eigenvalue weighted by atomic mass is 10.1. The van der Waals surface area contributed by atoms with Crippen LogP contribution in [0.15, 0.2) is 53.3 Å². The summed E-state index contributed by atoms with van der Waals surface area (Å²) < 4.78 is 6.67. The smallest absolute Gasteiger partial charge is 0.341 e. The van der Waals surface area contributed by atoms with Crippen LogP contribution in [0.1, 0.15) is 21.5 Å². The maximum absolute atomic E-state index is 12.5. The van der Waals surface area contributed by atoms with E-state index in [4.69, 9.17) is 16.3 Å². The molecule has 0 amide bonds. The fourth-order valence-electron chi connectivity index (χ4n) is 3.05. The normalized spacial score (nSPS) is 12.5. The number of hydrogen-bond acceptors (Lipinski definition) is 4. The van der Waals surface area contributed by atoms with Gasteiger partial charge in [0.05, 0.1) is 18.8 Å². The molecule has 2 heterocycles. The Morgan fingerprint density at radius 3 is 2.70 bits per heavy atom. The highest BCUT2D eigenvalue weighted by Crippen LogP contribution is 2.29. The highest BCUT2D eigenvalue weighted by atomic mass is 35.5. The Hall–Kier alpha value is -3.12. The third kappa shape index (κ3) is 3.44. The third-order valence-electron chi connectivity index (χ3n) is 4.44. The SMILES string of the molecule is O=C(O)c1cc(-c2ccc3c(c2)CCO3)nn(Cc2ccc(Cl)cc2)c1=O. The monoisotopic (exact) mass is 382 g/mol. The van der Waals surface area contributed by atoms with Crippen molar-refractivity contribution in [3.63, 3.8) is 0 Å². The number of carboxylic acids is 1. The number of nitrogens with zero attached hydrogens (tertiary/aromatic N) is 2. The quantitative estimate of drug-likeness (QED) is 0.749. The second-order valence-corrected chi connectivity index (χ2v) is 6.70. The number of benzene rings is 2. The van der Waals surface area contributed by atoms with Crippen LogP contribution in [0, 0.1) is 0 Å². The molecule has 0 spiro atoms. The fraction of sp³-hybridized carbons (Fsp3) is 0.150. The molecule has 27 heavy (non-hydrogen) atoms. The van der Waals surface area contributed by atoms with Gasteiger partial charge in [0, 0.05) is 17.0 Å². The predicted octanol–water partition coefficient (Wildman–Crippen LogP) is 3.25. The van der Waals surface area contributed by atoms with E-state index in [1.54, 1.807) is 24.3 Å². The number of aromatic carboxylic acids is 1. The summed E-state index contributed by atoms with van der Waals surface area (Å²) >= 11 is 5.89. The Kier molecular flexibility index (Phi) is 4.41. The molecule has 0 aliphatic carbocycles. The molecule has 136 valence electrons. The fourth-order valence-corrected chi connectivity index (χ4v) is 3.18. The van der Waals surface area contributed by atoms with E-state index < -0.39 is 11.5 Å². The van der Waals surface area contributed by atoms with Crippen molar-refractivity contribution in [3.05, 3.63) is 80.6 Å². The number of ether oxygens (including phenoxy) is 1. The molecule has 0 unspecified atom stereocenters. The molecule has 0 atom stereocenters. The average molecular weight is 383 g/mol. The van der Waals surface area contributed by atoms with Crippen LogP contribution >= 0.6 is 11.6 Å². The van der Waals surface area contributed by atoms with Crippen LogP contribution < -0.4 is 10.3 Å². The molecule has 1 aliphatic heterocycles. The van der Waals surface area contributed by atoms with E-state index in [0.717, 1.165) is 28.9 Å². The van der Waals surface area contributed by atoms with Gasteiger partial charge in [-0.2, -0.15) is 5.10 Å². The molecule has 1 N–H and O–H groups in total. The van der Waals surface area contributed by atoms with E-state index in [9.17, 15) is 14.7 Å². The largest absolute Gasteiger partial charge is 0.493 e. The molecule has 0 radical (unpaired) electrons. The first-order valence-electron chi connectivity index (χ1n) is 8.37. The van der Waals surface area contributed by atoms with Gasteiger partial charge in [0.1, 0.15) is 11.3 Å². The molecular formula is C20H15ClN2O4. The summed E-state index contributed by atoms with van der Waals surface area (Å²) in [5, 5.41) is 14.4. The van der Waals surface area contributed by atoms with Crippen LogP contribution in [-0.2, 0) is 13.0 Å². The minimum atomic E-state index is -1.28. The molecular weight excluding hydrogens is 368 g/mol. The maximum atomic E-state index is 12.5. The summed E-state index contributed by atoms with van der Waals surface area (Å²) in [5.74, 6) is -0.454. The Morgan fingerprint density at radius 2 is 1.96 bits per heavy atom. The van der Waals surface area contributed by atoms with E-state index in [-0.39, 0.29) is 12.1 Å². The Bertz CT molecular complexity index is 1090. The molecule has 6 nitrogen and oxygen atoms in total. The minimum Gasteiger partial charge on any atom is -0.493 e. The topological polar surface area (TPSA) is 81.4 Å². The summed E-state index contributed by atoms with van der Waals surface area (Å²) in [7, 11) is 0. The molecule has 4 rings (SSSR count). The molecule has 1 aromatic heterocycles. The number of aromatic nitrogens is 2. The number of carboxylic acid groups (broad SMARTS) is 1. The molecule has 2 aromatic carbocycles. The number of hydrogen-bond donors (Lipinski definition) is 1. The second-order valence-electron chi connectivity index (χ2n) is 6.26. The van der Waals surface area contributed by atoms with Crippen LogP contribution in [0.4, 0.5) is 0 Å². The molecule has 0 fully saturated rings. The van der Waals surface area contributed by atoms with Crippen molar-refractivity contribution in [1.82, 2.24) is 9.78 Å². The van der Waals surface area contributed by atoms with Crippen LogP contribution in [0.5, 0.6) is 5.75 Å². The average Bonchev–Trinajstić information content (AvgIpc) is 3.12. The number of carbonyl (C=O) groups is 1. The second kappa shape index (κ2) is 6.89. The van der Waals surface area contributed by atoms with Gasteiger partial charge in [-0.1, -0.05) is 23.7 Å². The Morgan fingerprint density at radius 1 is 1.19 bits per heavy atom. The van der Waals surface area contributed by atoms with E-state index >= 15 is 0 Å². The van der Waals surface area contributed by atoms with Gasteiger partial charge in [-0.15, -0.1) is 0 Å².